The molecule has 0 amide bonds. The maximum Gasteiger partial charge on any atom is 0.0503 e. The summed E-state index contributed by atoms with van der Waals surface area (Å²) in [6.45, 7) is 7.39. The molecule has 4 unspecified atom stereocenters. The van der Waals surface area contributed by atoms with Gasteiger partial charge in [0.1, 0.15) is 0 Å². The molecule has 3 fully saturated rings. The van der Waals surface area contributed by atoms with Gasteiger partial charge in [0.15, 0.2) is 0 Å². The second-order valence-electron chi connectivity index (χ2n) is 9.77. The van der Waals surface area contributed by atoms with E-state index in [0.717, 1.165) is 5.92 Å². The Hall–Kier alpha value is -0.490. The van der Waals surface area contributed by atoms with Gasteiger partial charge in [0.2, 0.25) is 0 Å². The van der Waals surface area contributed by atoms with Crippen LogP contribution in [0.15, 0.2) is 30.3 Å². The van der Waals surface area contributed by atoms with Gasteiger partial charge in [-0.3, -0.25) is 0 Å². The van der Waals surface area contributed by atoms with Crippen molar-refractivity contribution in [3.05, 3.63) is 35.9 Å². The second kappa shape index (κ2) is 5.25. The van der Waals surface area contributed by atoms with Crippen LogP contribution < -0.4 is 0 Å². The van der Waals surface area contributed by atoms with E-state index >= 15 is 0 Å². The van der Waals surface area contributed by atoms with E-state index in [1.165, 1.54) is 44.9 Å². The summed E-state index contributed by atoms with van der Waals surface area (Å²) < 4.78 is 0. The first-order chi connectivity index (χ1) is 10.8. The van der Waals surface area contributed by atoms with Crippen LogP contribution in [0.1, 0.15) is 71.3 Å². The fraction of sp³-hybridized carbons (Fsp3) is 0.727. The summed E-state index contributed by atoms with van der Waals surface area (Å²) in [5.74, 6) is 2.22. The maximum absolute atomic E-state index is 7.40. The van der Waals surface area contributed by atoms with Crippen LogP contribution in [0.25, 0.3) is 0 Å². The van der Waals surface area contributed by atoms with Crippen LogP contribution in [-0.2, 0) is 5.41 Å². The summed E-state index contributed by atoms with van der Waals surface area (Å²) in [7, 11) is 0. The molecule has 1 heteroatoms. The molecule has 0 spiro atoms. The number of rotatable bonds is 3. The van der Waals surface area contributed by atoms with E-state index in [1.807, 2.05) is 0 Å². The van der Waals surface area contributed by atoms with Gasteiger partial charge in [-0.15, -0.1) is 11.6 Å². The molecule has 0 aliphatic heterocycles. The molecular formula is C22H31Cl. The van der Waals surface area contributed by atoms with E-state index in [2.05, 4.69) is 51.1 Å². The average Bonchev–Trinajstić information content (AvgIpc) is 3.29. The minimum atomic E-state index is 0.0527. The molecule has 23 heavy (non-hydrogen) atoms. The third-order valence-corrected chi connectivity index (χ3v) is 7.97. The van der Waals surface area contributed by atoms with Crippen molar-refractivity contribution in [3.63, 3.8) is 0 Å². The van der Waals surface area contributed by atoms with Gasteiger partial charge in [-0.2, -0.15) is 0 Å². The second-order valence-corrected chi connectivity index (χ2v) is 10.5. The van der Waals surface area contributed by atoms with Crippen LogP contribution in [0.3, 0.4) is 0 Å². The Labute approximate surface area is 147 Å². The Balaban J connectivity index is 1.72. The zero-order chi connectivity index (χ0) is 16.3. The van der Waals surface area contributed by atoms with Crippen molar-refractivity contribution in [2.75, 3.05) is 0 Å². The molecule has 4 atom stereocenters. The quantitative estimate of drug-likeness (QED) is 0.550. The molecule has 3 saturated carbocycles. The fourth-order valence-corrected chi connectivity index (χ4v) is 6.64. The maximum atomic E-state index is 7.40. The number of hydrogen-bond donors (Lipinski definition) is 0. The van der Waals surface area contributed by atoms with Crippen LogP contribution in [0.4, 0.5) is 0 Å². The van der Waals surface area contributed by atoms with Crippen molar-refractivity contribution in [1.29, 1.82) is 0 Å². The molecule has 4 rings (SSSR count). The Morgan fingerprint density at radius 1 is 1.04 bits per heavy atom. The van der Waals surface area contributed by atoms with Gasteiger partial charge in [0.25, 0.3) is 0 Å². The van der Waals surface area contributed by atoms with Crippen LogP contribution in [0, 0.1) is 23.2 Å². The molecule has 1 aromatic carbocycles. The lowest BCUT2D eigenvalue weighted by Gasteiger charge is -2.60. The van der Waals surface area contributed by atoms with E-state index in [0.29, 0.717) is 22.7 Å². The SMILES string of the molecule is CC1CC2(c3ccccc3)CC(CC(C)(C)C2)C1(Cl)CC1CC1. The summed E-state index contributed by atoms with van der Waals surface area (Å²) in [5.41, 5.74) is 2.33. The molecule has 0 nitrogen and oxygen atoms in total. The van der Waals surface area contributed by atoms with Crippen molar-refractivity contribution in [1.82, 2.24) is 0 Å². The topological polar surface area (TPSA) is 0 Å². The van der Waals surface area contributed by atoms with E-state index in [1.54, 1.807) is 5.56 Å². The highest BCUT2D eigenvalue weighted by atomic mass is 35.5. The lowest BCUT2D eigenvalue weighted by Crippen LogP contribution is -2.56. The number of benzene rings is 1. The monoisotopic (exact) mass is 330 g/mol. The fourth-order valence-electron chi connectivity index (χ4n) is 6.19. The van der Waals surface area contributed by atoms with Gasteiger partial charge in [-0.05, 0) is 66.3 Å². The van der Waals surface area contributed by atoms with Crippen LogP contribution >= 0.6 is 11.6 Å². The van der Waals surface area contributed by atoms with Crippen molar-refractivity contribution >= 4 is 11.6 Å². The zero-order valence-corrected chi connectivity index (χ0v) is 15.7. The highest BCUT2D eigenvalue weighted by molar-refractivity contribution is 6.24. The van der Waals surface area contributed by atoms with Crippen molar-refractivity contribution in [3.8, 4) is 0 Å². The van der Waals surface area contributed by atoms with Crippen LogP contribution in [-0.4, -0.2) is 4.87 Å². The summed E-state index contributed by atoms with van der Waals surface area (Å²) >= 11 is 7.40. The molecule has 3 aliphatic carbocycles. The molecule has 0 saturated heterocycles. The van der Waals surface area contributed by atoms with Crippen LogP contribution in [0.2, 0.25) is 0 Å². The number of halogens is 1. The Morgan fingerprint density at radius 2 is 1.74 bits per heavy atom. The normalized spacial score (nSPS) is 42.4. The largest absolute Gasteiger partial charge is 0.119 e. The first-order valence-electron chi connectivity index (χ1n) is 9.58. The first kappa shape index (κ1) is 16.0. The Morgan fingerprint density at radius 3 is 2.39 bits per heavy atom. The summed E-state index contributed by atoms with van der Waals surface area (Å²) in [6.07, 6.45) is 9.31. The molecular weight excluding hydrogens is 300 g/mol. The van der Waals surface area contributed by atoms with Gasteiger partial charge >= 0.3 is 0 Å². The Kier molecular flexibility index (Phi) is 3.65. The van der Waals surface area contributed by atoms with Gasteiger partial charge in [-0.25, -0.2) is 0 Å². The van der Waals surface area contributed by atoms with Crippen molar-refractivity contribution < 1.29 is 0 Å². The minimum Gasteiger partial charge on any atom is -0.119 e. The number of hydrogen-bond acceptors (Lipinski definition) is 0. The summed E-state index contributed by atoms with van der Waals surface area (Å²) in [6, 6.07) is 11.3. The molecule has 1 aromatic rings. The van der Waals surface area contributed by atoms with Crippen molar-refractivity contribution in [2.45, 2.75) is 76.0 Å². The molecule has 0 radical (unpaired) electrons. The molecule has 2 bridgehead atoms. The zero-order valence-electron chi connectivity index (χ0n) is 14.9. The molecule has 0 heterocycles. The first-order valence-corrected chi connectivity index (χ1v) is 9.95. The lowest BCUT2D eigenvalue weighted by molar-refractivity contribution is -0.00522. The smallest absolute Gasteiger partial charge is 0.0503 e. The average molecular weight is 331 g/mol. The standard InChI is InChI=1S/C22H31Cl/c1-16-11-21(18-7-5-4-6-8-18)14-19(13-20(2,3)15-21)22(16,23)12-17-9-10-17/h4-8,16-17,19H,9-15H2,1-3H3. The Bertz CT molecular complexity index is 569. The van der Waals surface area contributed by atoms with Gasteiger partial charge in [0.05, 0.1) is 4.87 Å². The van der Waals surface area contributed by atoms with E-state index in [4.69, 9.17) is 11.6 Å². The van der Waals surface area contributed by atoms with Gasteiger partial charge < -0.3 is 0 Å². The third-order valence-electron chi connectivity index (χ3n) is 7.13. The van der Waals surface area contributed by atoms with Crippen molar-refractivity contribution in [2.24, 2.45) is 23.2 Å². The molecule has 3 aliphatic rings. The summed E-state index contributed by atoms with van der Waals surface area (Å²) in [4.78, 5) is 0.0527. The molecule has 0 aromatic heterocycles. The third kappa shape index (κ3) is 2.76. The van der Waals surface area contributed by atoms with E-state index in [9.17, 15) is 0 Å². The number of fused-ring (bicyclic) bond motifs is 2. The van der Waals surface area contributed by atoms with Gasteiger partial charge in [-0.1, -0.05) is 63.9 Å². The van der Waals surface area contributed by atoms with E-state index in [-0.39, 0.29) is 4.87 Å². The predicted octanol–water partition coefficient (Wildman–Crippen LogP) is 6.57. The minimum absolute atomic E-state index is 0.0527. The lowest BCUT2D eigenvalue weighted by atomic mass is 9.47. The predicted molar refractivity (Wildman–Crippen MR) is 98.9 cm³/mol. The summed E-state index contributed by atoms with van der Waals surface area (Å²) in [5, 5.41) is 0. The van der Waals surface area contributed by atoms with E-state index < -0.39 is 0 Å². The highest BCUT2D eigenvalue weighted by Crippen LogP contribution is 2.64. The molecule has 126 valence electrons. The number of alkyl halides is 1. The highest BCUT2D eigenvalue weighted by Gasteiger charge is 2.58. The molecule has 0 N–H and O–H groups in total. The van der Waals surface area contributed by atoms with Gasteiger partial charge in [0, 0.05) is 0 Å². The van der Waals surface area contributed by atoms with Crippen LogP contribution in [0.5, 0.6) is 0 Å².